The highest BCUT2D eigenvalue weighted by Crippen LogP contribution is 2.09. The summed E-state index contributed by atoms with van der Waals surface area (Å²) in [6.07, 6.45) is 0.922. The van der Waals surface area contributed by atoms with E-state index in [4.69, 9.17) is 0 Å². The predicted octanol–water partition coefficient (Wildman–Crippen LogP) is 0.990. The number of carbonyl (C=O) groups is 2. The molecular formula is C14H20N2O4S. The van der Waals surface area contributed by atoms with Crippen LogP contribution in [0.1, 0.15) is 29.8 Å². The van der Waals surface area contributed by atoms with Crippen LogP contribution in [0.15, 0.2) is 24.3 Å². The monoisotopic (exact) mass is 312 g/mol. The van der Waals surface area contributed by atoms with Gasteiger partial charge in [-0.1, -0.05) is 26.0 Å². The summed E-state index contributed by atoms with van der Waals surface area (Å²) in [7, 11) is -1.86. The Hall–Kier alpha value is -1.89. The zero-order chi connectivity index (χ0) is 16.2. The number of rotatable bonds is 5. The second-order valence-electron chi connectivity index (χ2n) is 5.25. The molecular weight excluding hydrogens is 292 g/mol. The molecule has 0 aliphatic heterocycles. The third-order valence-electron chi connectivity index (χ3n) is 2.78. The lowest BCUT2D eigenvalue weighted by Crippen LogP contribution is -2.30. The number of nitrogens with one attached hydrogen (secondary N) is 1. The molecule has 0 aliphatic rings. The molecule has 0 fully saturated rings. The van der Waals surface area contributed by atoms with E-state index in [1.807, 2.05) is 18.6 Å². The SMILES string of the molecule is CC(C)C(=O)N(C)Cc1ccc(C(=O)NS(C)(=O)=O)cc1. The van der Waals surface area contributed by atoms with Gasteiger partial charge in [-0.05, 0) is 17.7 Å². The highest BCUT2D eigenvalue weighted by molar-refractivity contribution is 7.89. The molecule has 0 heterocycles. The number of hydrogen-bond acceptors (Lipinski definition) is 4. The third kappa shape index (κ3) is 5.55. The highest BCUT2D eigenvalue weighted by Gasteiger charge is 2.14. The van der Waals surface area contributed by atoms with Crippen LogP contribution < -0.4 is 4.72 Å². The molecule has 21 heavy (non-hydrogen) atoms. The van der Waals surface area contributed by atoms with Crippen molar-refractivity contribution >= 4 is 21.8 Å². The number of hydrogen-bond donors (Lipinski definition) is 1. The molecule has 7 heteroatoms. The van der Waals surface area contributed by atoms with Gasteiger partial charge in [-0.15, -0.1) is 0 Å². The largest absolute Gasteiger partial charge is 0.341 e. The topological polar surface area (TPSA) is 83.6 Å². The molecule has 2 amide bonds. The first-order valence-electron chi connectivity index (χ1n) is 6.46. The van der Waals surface area contributed by atoms with Crippen molar-refractivity contribution in [2.24, 2.45) is 5.92 Å². The molecule has 0 saturated carbocycles. The van der Waals surface area contributed by atoms with E-state index < -0.39 is 15.9 Å². The Kier molecular flexibility index (Phi) is 5.48. The van der Waals surface area contributed by atoms with Crippen LogP contribution >= 0.6 is 0 Å². The van der Waals surface area contributed by atoms with Crippen molar-refractivity contribution in [1.82, 2.24) is 9.62 Å². The summed E-state index contributed by atoms with van der Waals surface area (Å²) in [5.74, 6) is -0.709. The molecule has 0 radical (unpaired) electrons. The number of amides is 2. The van der Waals surface area contributed by atoms with E-state index in [0.29, 0.717) is 6.54 Å². The smallest absolute Gasteiger partial charge is 0.264 e. The zero-order valence-electron chi connectivity index (χ0n) is 12.6. The van der Waals surface area contributed by atoms with E-state index in [9.17, 15) is 18.0 Å². The van der Waals surface area contributed by atoms with Gasteiger partial charge in [0.2, 0.25) is 15.9 Å². The van der Waals surface area contributed by atoms with E-state index in [-0.39, 0.29) is 17.4 Å². The third-order valence-corrected chi connectivity index (χ3v) is 3.34. The number of nitrogens with zero attached hydrogens (tertiary/aromatic N) is 1. The fourth-order valence-electron chi connectivity index (χ4n) is 1.78. The summed E-state index contributed by atoms with van der Waals surface area (Å²) in [6.45, 7) is 4.10. The molecule has 0 unspecified atom stereocenters. The van der Waals surface area contributed by atoms with Gasteiger partial charge in [0.1, 0.15) is 0 Å². The minimum Gasteiger partial charge on any atom is -0.341 e. The van der Waals surface area contributed by atoms with Crippen molar-refractivity contribution in [2.75, 3.05) is 13.3 Å². The van der Waals surface area contributed by atoms with Crippen LogP contribution in [0.3, 0.4) is 0 Å². The van der Waals surface area contributed by atoms with Gasteiger partial charge < -0.3 is 4.90 Å². The summed E-state index contributed by atoms with van der Waals surface area (Å²) >= 11 is 0. The summed E-state index contributed by atoms with van der Waals surface area (Å²) in [6, 6.07) is 6.45. The average molecular weight is 312 g/mol. The van der Waals surface area contributed by atoms with Crippen LogP contribution in [-0.4, -0.2) is 38.4 Å². The minimum atomic E-state index is -3.57. The second-order valence-corrected chi connectivity index (χ2v) is 7.00. The van der Waals surface area contributed by atoms with Gasteiger partial charge in [-0.25, -0.2) is 13.1 Å². The van der Waals surface area contributed by atoms with Crippen molar-refractivity contribution in [1.29, 1.82) is 0 Å². The van der Waals surface area contributed by atoms with Gasteiger partial charge in [0.25, 0.3) is 5.91 Å². The quantitative estimate of drug-likeness (QED) is 0.879. The molecule has 0 bridgehead atoms. The maximum Gasteiger partial charge on any atom is 0.264 e. The van der Waals surface area contributed by atoms with Crippen LogP contribution in [-0.2, 0) is 21.4 Å². The van der Waals surface area contributed by atoms with E-state index in [2.05, 4.69) is 0 Å². The van der Waals surface area contributed by atoms with Crippen molar-refractivity contribution in [2.45, 2.75) is 20.4 Å². The second kappa shape index (κ2) is 6.71. The van der Waals surface area contributed by atoms with Gasteiger partial charge >= 0.3 is 0 Å². The summed E-state index contributed by atoms with van der Waals surface area (Å²) in [5.41, 5.74) is 1.12. The Morgan fingerprint density at radius 3 is 2.14 bits per heavy atom. The van der Waals surface area contributed by atoms with Crippen molar-refractivity contribution in [3.8, 4) is 0 Å². The molecule has 0 atom stereocenters. The van der Waals surface area contributed by atoms with Gasteiger partial charge in [-0.2, -0.15) is 0 Å². The van der Waals surface area contributed by atoms with Crippen LogP contribution in [0.25, 0.3) is 0 Å². The van der Waals surface area contributed by atoms with Crippen LogP contribution in [0, 0.1) is 5.92 Å². The minimum absolute atomic E-state index is 0.0360. The van der Waals surface area contributed by atoms with Crippen LogP contribution in [0.5, 0.6) is 0 Å². The Morgan fingerprint density at radius 2 is 1.71 bits per heavy atom. The maximum absolute atomic E-state index is 11.8. The van der Waals surface area contributed by atoms with Crippen LogP contribution in [0.4, 0.5) is 0 Å². The average Bonchev–Trinajstić information content (AvgIpc) is 2.36. The molecule has 1 N–H and O–H groups in total. The first-order chi connectivity index (χ1) is 9.60. The molecule has 1 rings (SSSR count). The van der Waals surface area contributed by atoms with Gasteiger partial charge in [0.05, 0.1) is 6.26 Å². The molecule has 1 aromatic rings. The van der Waals surface area contributed by atoms with Crippen molar-refractivity contribution < 1.29 is 18.0 Å². The molecule has 1 aromatic carbocycles. The van der Waals surface area contributed by atoms with Gasteiger partial charge in [0.15, 0.2) is 0 Å². The Labute approximate surface area is 125 Å². The number of sulfonamides is 1. The molecule has 116 valence electrons. The van der Waals surface area contributed by atoms with Gasteiger partial charge in [0, 0.05) is 25.1 Å². The summed E-state index contributed by atoms with van der Waals surface area (Å²) in [5, 5.41) is 0. The Balaban J connectivity index is 2.75. The Morgan fingerprint density at radius 1 is 1.19 bits per heavy atom. The summed E-state index contributed by atoms with van der Waals surface area (Å²) < 4.78 is 23.9. The predicted molar refractivity (Wildman–Crippen MR) is 80.1 cm³/mol. The number of carbonyl (C=O) groups excluding carboxylic acids is 2. The van der Waals surface area contributed by atoms with Crippen molar-refractivity contribution in [3.63, 3.8) is 0 Å². The first kappa shape index (κ1) is 17.2. The lowest BCUT2D eigenvalue weighted by atomic mass is 10.1. The molecule has 0 spiro atoms. The van der Waals surface area contributed by atoms with E-state index in [1.165, 1.54) is 12.1 Å². The normalized spacial score (nSPS) is 11.3. The van der Waals surface area contributed by atoms with Gasteiger partial charge in [-0.3, -0.25) is 9.59 Å². The standard InChI is InChI=1S/C14H20N2O4S/c1-10(2)14(18)16(3)9-11-5-7-12(8-6-11)13(17)15-21(4,19)20/h5-8,10H,9H2,1-4H3,(H,15,17). The highest BCUT2D eigenvalue weighted by atomic mass is 32.2. The molecule has 0 aromatic heterocycles. The molecule has 0 aliphatic carbocycles. The summed E-state index contributed by atoms with van der Waals surface area (Å²) in [4.78, 5) is 25.0. The Bertz CT molecular complexity index is 621. The fraction of sp³-hybridized carbons (Fsp3) is 0.429. The fourth-order valence-corrected chi connectivity index (χ4v) is 2.24. The van der Waals surface area contributed by atoms with Crippen molar-refractivity contribution in [3.05, 3.63) is 35.4 Å². The van der Waals surface area contributed by atoms with Crippen LogP contribution in [0.2, 0.25) is 0 Å². The van der Waals surface area contributed by atoms with E-state index in [1.54, 1.807) is 24.1 Å². The molecule has 0 saturated heterocycles. The van der Waals surface area contributed by atoms with E-state index >= 15 is 0 Å². The lowest BCUT2D eigenvalue weighted by Gasteiger charge is -2.19. The van der Waals surface area contributed by atoms with E-state index in [0.717, 1.165) is 11.8 Å². The lowest BCUT2D eigenvalue weighted by molar-refractivity contribution is -0.133. The molecule has 6 nitrogen and oxygen atoms in total. The number of benzene rings is 1. The zero-order valence-corrected chi connectivity index (χ0v) is 13.4. The maximum atomic E-state index is 11.8. The first-order valence-corrected chi connectivity index (χ1v) is 8.35.